The molecule has 3 aliphatic rings. The maximum Gasteiger partial charge on any atom is 0.320 e. The Morgan fingerprint density at radius 1 is 1.00 bits per heavy atom. The lowest BCUT2D eigenvalue weighted by molar-refractivity contribution is 0.0868. The van der Waals surface area contributed by atoms with Crippen molar-refractivity contribution in [2.45, 2.75) is 25.7 Å². The third-order valence-corrected chi connectivity index (χ3v) is 7.94. The van der Waals surface area contributed by atoms with E-state index in [1.165, 1.54) is 0 Å². The number of H-pyrrole nitrogens is 1. The summed E-state index contributed by atoms with van der Waals surface area (Å²) >= 11 is 6.53. The molecule has 3 aromatic rings. The van der Waals surface area contributed by atoms with Crippen LogP contribution < -0.4 is 24.8 Å². The second kappa shape index (κ2) is 12.4. The fourth-order valence-corrected chi connectivity index (χ4v) is 5.58. The molecular formula is C29H35ClN8O4. The van der Waals surface area contributed by atoms with Crippen molar-refractivity contribution in [3.63, 3.8) is 0 Å². The van der Waals surface area contributed by atoms with Crippen LogP contribution in [-0.2, 0) is 6.54 Å². The number of likely N-dealkylation sites (tertiary alicyclic amines) is 1. The van der Waals surface area contributed by atoms with Gasteiger partial charge in [-0.15, -0.1) is 0 Å². The van der Waals surface area contributed by atoms with Gasteiger partial charge in [0.1, 0.15) is 11.6 Å². The first-order valence-electron chi connectivity index (χ1n) is 14.1. The fourth-order valence-electron chi connectivity index (χ4n) is 5.39. The Morgan fingerprint density at radius 2 is 1.71 bits per heavy atom. The summed E-state index contributed by atoms with van der Waals surface area (Å²) in [5.41, 5.74) is 1.89. The molecule has 0 radical (unpaired) electrons. The number of aromatic amines is 1. The van der Waals surface area contributed by atoms with Gasteiger partial charge in [0.05, 0.1) is 36.8 Å². The molecule has 3 aliphatic heterocycles. The van der Waals surface area contributed by atoms with Crippen molar-refractivity contribution in [3.8, 4) is 17.2 Å². The first-order chi connectivity index (χ1) is 20.5. The maximum atomic E-state index is 12.9. The van der Waals surface area contributed by atoms with Gasteiger partial charge in [-0.1, -0.05) is 23.7 Å². The number of aliphatic imine (C=N–C) groups is 1. The predicted octanol–water partition coefficient (Wildman–Crippen LogP) is 3.36. The van der Waals surface area contributed by atoms with E-state index in [0.29, 0.717) is 60.9 Å². The number of aromatic nitrogens is 2. The molecule has 0 aliphatic carbocycles. The Hall–Kier alpha value is -4.16. The van der Waals surface area contributed by atoms with E-state index < -0.39 is 6.29 Å². The highest BCUT2D eigenvalue weighted by Crippen LogP contribution is 2.37. The molecule has 2 amide bonds. The van der Waals surface area contributed by atoms with Gasteiger partial charge in [-0.3, -0.25) is 4.90 Å². The number of carbonyl (C=O) groups excluding carboxylic acids is 1. The van der Waals surface area contributed by atoms with Crippen LogP contribution in [0.15, 0.2) is 53.3 Å². The number of imidazole rings is 1. The molecule has 3 N–H and O–H groups in total. The van der Waals surface area contributed by atoms with E-state index in [-0.39, 0.29) is 6.03 Å². The molecule has 13 heteroatoms. The zero-order chi connectivity index (χ0) is 29.1. The number of hydrogen-bond donors (Lipinski definition) is 3. The summed E-state index contributed by atoms with van der Waals surface area (Å²) in [6, 6.07) is 11.4. The highest BCUT2D eigenvalue weighted by atomic mass is 35.5. The van der Waals surface area contributed by atoms with Crippen molar-refractivity contribution in [2.75, 3.05) is 53.5 Å². The quantitative estimate of drug-likeness (QED) is 0.381. The van der Waals surface area contributed by atoms with Gasteiger partial charge < -0.3 is 39.6 Å². The van der Waals surface area contributed by atoms with E-state index in [9.17, 15) is 4.79 Å². The number of nitrogens with zero attached hydrogens (tertiary/aromatic N) is 5. The zero-order valence-electron chi connectivity index (χ0n) is 23.7. The van der Waals surface area contributed by atoms with Crippen LogP contribution in [0.5, 0.6) is 17.2 Å². The number of amides is 2. The second-order valence-electron chi connectivity index (χ2n) is 10.3. The van der Waals surface area contributed by atoms with Gasteiger partial charge in [-0.05, 0) is 25.0 Å². The van der Waals surface area contributed by atoms with Gasteiger partial charge in [0.25, 0.3) is 0 Å². The van der Waals surface area contributed by atoms with Crippen molar-refractivity contribution in [1.29, 1.82) is 0 Å². The number of carbonyl (C=O) groups is 1. The number of rotatable bonds is 7. The van der Waals surface area contributed by atoms with E-state index in [2.05, 4.69) is 25.5 Å². The summed E-state index contributed by atoms with van der Waals surface area (Å²) in [4.78, 5) is 31.9. The molecule has 0 bridgehead atoms. The van der Waals surface area contributed by atoms with Crippen LogP contribution in [-0.4, -0.2) is 96.4 Å². The van der Waals surface area contributed by atoms with Gasteiger partial charge in [-0.25, -0.2) is 14.8 Å². The summed E-state index contributed by atoms with van der Waals surface area (Å²) in [5.74, 6) is 3.28. The minimum Gasteiger partial charge on any atom is -0.493 e. The largest absolute Gasteiger partial charge is 0.493 e. The molecule has 6 rings (SSSR count). The number of para-hydroxylation sites is 2. The minimum absolute atomic E-state index is 0.132. The predicted molar refractivity (Wildman–Crippen MR) is 160 cm³/mol. The number of hydrogen-bond acceptors (Lipinski definition) is 9. The van der Waals surface area contributed by atoms with E-state index in [1.54, 1.807) is 32.4 Å². The molecule has 2 aromatic carbocycles. The van der Waals surface area contributed by atoms with Crippen LogP contribution in [0.3, 0.4) is 0 Å². The standard InChI is InChI=1S/C29H35ClN8O4/c1-40-23-15-19(30)22(16-24(23)41-2)42-27-17-25(31-18-26-32-20-7-3-4-8-21(20)33-26)34-28(35-27)36-11-13-38(14-12-36)29(39)37-9-5-6-10-37/h3-4,7-8,15-17,28,31,34H,5-6,9-14,18H2,1-2H3,(H,32,33). The molecule has 1 unspecified atom stereocenters. The van der Waals surface area contributed by atoms with Crippen LogP contribution >= 0.6 is 11.6 Å². The minimum atomic E-state index is -0.411. The summed E-state index contributed by atoms with van der Waals surface area (Å²) in [6.45, 7) is 4.75. The smallest absolute Gasteiger partial charge is 0.320 e. The molecule has 2 fully saturated rings. The Labute approximate surface area is 249 Å². The van der Waals surface area contributed by atoms with Crippen LogP contribution in [0.2, 0.25) is 5.02 Å². The molecular weight excluding hydrogens is 560 g/mol. The zero-order valence-corrected chi connectivity index (χ0v) is 24.5. The lowest BCUT2D eigenvalue weighted by atomic mass is 10.3. The van der Waals surface area contributed by atoms with Gasteiger partial charge >= 0.3 is 6.03 Å². The van der Waals surface area contributed by atoms with Gasteiger partial charge in [0.15, 0.2) is 23.5 Å². The van der Waals surface area contributed by atoms with Crippen molar-refractivity contribution >= 4 is 34.6 Å². The number of methoxy groups -OCH3 is 2. The lowest BCUT2D eigenvalue weighted by Gasteiger charge is -2.40. The molecule has 0 spiro atoms. The number of urea groups is 1. The molecule has 222 valence electrons. The number of fused-ring (bicyclic) bond motifs is 1. The molecule has 0 saturated carbocycles. The third kappa shape index (κ3) is 6.04. The summed E-state index contributed by atoms with van der Waals surface area (Å²) < 4.78 is 17.0. The van der Waals surface area contributed by atoms with E-state index in [4.69, 9.17) is 30.8 Å². The third-order valence-electron chi connectivity index (χ3n) is 7.65. The first-order valence-corrected chi connectivity index (χ1v) is 14.5. The number of nitrogens with one attached hydrogen (secondary N) is 3. The molecule has 12 nitrogen and oxygen atoms in total. The average molecular weight is 595 g/mol. The van der Waals surface area contributed by atoms with E-state index in [1.807, 2.05) is 34.1 Å². The summed E-state index contributed by atoms with van der Waals surface area (Å²) in [5, 5.41) is 7.26. The number of ether oxygens (including phenoxy) is 3. The van der Waals surface area contributed by atoms with E-state index in [0.717, 1.165) is 48.6 Å². The SMILES string of the molecule is COc1cc(Cl)c(OC2=NC(N3CCN(C(=O)N4CCCC4)CC3)NC(NCc3nc4ccccc4[nH]3)=C2)cc1OC. The number of benzene rings is 2. The van der Waals surface area contributed by atoms with Crippen molar-refractivity contribution in [2.24, 2.45) is 4.99 Å². The lowest BCUT2D eigenvalue weighted by Crippen LogP contribution is -2.58. The van der Waals surface area contributed by atoms with Gasteiger partial charge in [0, 0.05) is 57.5 Å². The second-order valence-corrected chi connectivity index (χ2v) is 10.7. The summed E-state index contributed by atoms with van der Waals surface area (Å²) in [7, 11) is 3.11. The fraction of sp³-hybridized carbons (Fsp3) is 0.414. The molecule has 1 atom stereocenters. The molecule has 2 saturated heterocycles. The topological polar surface area (TPSA) is 120 Å². The Kier molecular flexibility index (Phi) is 8.24. The van der Waals surface area contributed by atoms with Gasteiger partial charge in [0.2, 0.25) is 5.90 Å². The Bertz CT molecular complexity index is 1460. The van der Waals surface area contributed by atoms with Crippen LogP contribution in [0.4, 0.5) is 4.79 Å². The Balaban J connectivity index is 1.19. The normalized spacial score (nSPS) is 19.3. The van der Waals surface area contributed by atoms with Crippen molar-refractivity contribution in [3.05, 3.63) is 59.1 Å². The molecule has 42 heavy (non-hydrogen) atoms. The van der Waals surface area contributed by atoms with Crippen LogP contribution in [0, 0.1) is 0 Å². The highest BCUT2D eigenvalue weighted by Gasteiger charge is 2.31. The maximum absolute atomic E-state index is 12.9. The van der Waals surface area contributed by atoms with Crippen LogP contribution in [0.1, 0.15) is 18.7 Å². The van der Waals surface area contributed by atoms with E-state index >= 15 is 0 Å². The number of piperazine rings is 1. The summed E-state index contributed by atoms with van der Waals surface area (Å²) in [6.07, 6.45) is 3.54. The Morgan fingerprint density at radius 3 is 2.45 bits per heavy atom. The number of halogens is 1. The van der Waals surface area contributed by atoms with Crippen LogP contribution in [0.25, 0.3) is 11.0 Å². The average Bonchev–Trinajstić information content (AvgIpc) is 3.71. The van der Waals surface area contributed by atoms with Crippen molar-refractivity contribution in [1.82, 2.24) is 35.3 Å². The molecule has 1 aromatic heterocycles. The molecule has 4 heterocycles. The van der Waals surface area contributed by atoms with Crippen molar-refractivity contribution < 1.29 is 19.0 Å². The first kappa shape index (κ1) is 28.0. The van der Waals surface area contributed by atoms with Gasteiger partial charge in [-0.2, -0.15) is 0 Å². The monoisotopic (exact) mass is 594 g/mol. The highest BCUT2D eigenvalue weighted by molar-refractivity contribution is 6.32.